The Morgan fingerprint density at radius 2 is 1.90 bits per heavy atom. The Labute approximate surface area is 183 Å². The number of ether oxygens (including phenoxy) is 1. The molecule has 1 saturated heterocycles. The zero-order valence-corrected chi connectivity index (χ0v) is 17.9. The summed E-state index contributed by atoms with van der Waals surface area (Å²) >= 11 is 7.21. The molecule has 1 atom stereocenters. The lowest BCUT2D eigenvalue weighted by molar-refractivity contribution is 0.0994. The second-order valence-electron chi connectivity index (χ2n) is 6.83. The fourth-order valence-corrected chi connectivity index (χ4v) is 4.27. The molecular formula is C21H20ClFN4O2S. The average Bonchev–Trinajstić information content (AvgIpc) is 3.18. The summed E-state index contributed by atoms with van der Waals surface area (Å²) in [5.41, 5.74) is 1.18. The van der Waals surface area contributed by atoms with Gasteiger partial charge in [0.25, 0.3) is 0 Å². The molecule has 9 heteroatoms. The molecule has 2 aromatic carbocycles. The predicted octanol–water partition coefficient (Wildman–Crippen LogP) is 4.26. The van der Waals surface area contributed by atoms with Gasteiger partial charge in [0, 0.05) is 23.7 Å². The lowest BCUT2D eigenvalue weighted by atomic mass is 10.1. The molecule has 156 valence electrons. The number of Topliss-reactive ketones (excluding diaryl/α,β-unsaturated/α-hetero) is 1. The van der Waals surface area contributed by atoms with Gasteiger partial charge in [-0.3, -0.25) is 9.36 Å². The molecule has 0 radical (unpaired) electrons. The van der Waals surface area contributed by atoms with Gasteiger partial charge < -0.3 is 9.64 Å². The van der Waals surface area contributed by atoms with Crippen LogP contribution in [0, 0.1) is 5.82 Å². The van der Waals surface area contributed by atoms with E-state index >= 15 is 0 Å². The highest BCUT2D eigenvalue weighted by Crippen LogP contribution is 2.31. The van der Waals surface area contributed by atoms with Crippen molar-refractivity contribution in [2.24, 2.45) is 0 Å². The Balaban J connectivity index is 1.66. The molecule has 0 aliphatic carbocycles. The third-order valence-electron chi connectivity index (χ3n) is 4.76. The minimum absolute atomic E-state index is 0.0432. The summed E-state index contributed by atoms with van der Waals surface area (Å²) < 4.78 is 21.2. The molecule has 0 saturated carbocycles. The number of benzene rings is 2. The van der Waals surface area contributed by atoms with Gasteiger partial charge >= 0.3 is 0 Å². The molecule has 3 aromatic rings. The maximum absolute atomic E-state index is 13.9. The van der Waals surface area contributed by atoms with Gasteiger partial charge in [-0.05, 0) is 49.4 Å². The van der Waals surface area contributed by atoms with Gasteiger partial charge in [0.15, 0.2) is 10.9 Å². The Morgan fingerprint density at radius 1 is 1.17 bits per heavy atom. The number of nitrogens with zero attached hydrogens (tertiary/aromatic N) is 4. The third kappa shape index (κ3) is 4.50. The van der Waals surface area contributed by atoms with E-state index in [9.17, 15) is 9.18 Å². The van der Waals surface area contributed by atoms with Crippen LogP contribution in [0.5, 0.6) is 0 Å². The summed E-state index contributed by atoms with van der Waals surface area (Å²) in [6.07, 6.45) is 0. The van der Waals surface area contributed by atoms with Crippen molar-refractivity contribution >= 4 is 35.1 Å². The number of hydrogen-bond acceptors (Lipinski definition) is 6. The highest BCUT2D eigenvalue weighted by Gasteiger charge is 2.25. The van der Waals surface area contributed by atoms with Crippen LogP contribution < -0.4 is 4.90 Å². The molecule has 1 fully saturated rings. The van der Waals surface area contributed by atoms with Crippen molar-refractivity contribution < 1.29 is 13.9 Å². The maximum atomic E-state index is 13.9. The molecule has 0 spiro atoms. The van der Waals surface area contributed by atoms with Crippen molar-refractivity contribution in [2.45, 2.75) is 17.3 Å². The number of aromatic nitrogens is 3. The number of morpholine rings is 1. The minimum Gasteiger partial charge on any atom is -0.378 e. The van der Waals surface area contributed by atoms with Crippen molar-refractivity contribution in [2.75, 3.05) is 31.2 Å². The first-order chi connectivity index (χ1) is 14.5. The Kier molecular flexibility index (Phi) is 6.36. The molecule has 0 N–H and O–H groups in total. The van der Waals surface area contributed by atoms with Gasteiger partial charge in [-0.15, -0.1) is 10.2 Å². The van der Waals surface area contributed by atoms with E-state index in [0.29, 0.717) is 53.7 Å². The quantitative estimate of drug-likeness (QED) is 0.416. The van der Waals surface area contributed by atoms with Crippen LogP contribution in [-0.4, -0.2) is 52.1 Å². The molecule has 30 heavy (non-hydrogen) atoms. The van der Waals surface area contributed by atoms with Gasteiger partial charge in [0.2, 0.25) is 5.95 Å². The van der Waals surface area contributed by atoms with Gasteiger partial charge in [0.05, 0.1) is 24.2 Å². The third-order valence-corrected chi connectivity index (χ3v) is 6.05. The number of thioether (sulfide) groups is 1. The van der Waals surface area contributed by atoms with E-state index in [0.717, 1.165) is 0 Å². The zero-order chi connectivity index (χ0) is 21.1. The molecule has 0 amide bonds. The summed E-state index contributed by atoms with van der Waals surface area (Å²) in [4.78, 5) is 14.9. The van der Waals surface area contributed by atoms with Crippen molar-refractivity contribution in [3.8, 4) is 5.69 Å². The SMILES string of the molecule is C[C@H](Sc1nnc(N2CCOCC2)n1-c1cccc(F)c1)C(=O)c1ccc(Cl)cc1. The fourth-order valence-electron chi connectivity index (χ4n) is 3.21. The van der Waals surface area contributed by atoms with Crippen LogP contribution in [-0.2, 0) is 4.74 Å². The van der Waals surface area contributed by atoms with Crippen molar-refractivity contribution in [1.82, 2.24) is 14.8 Å². The van der Waals surface area contributed by atoms with E-state index in [4.69, 9.17) is 16.3 Å². The minimum atomic E-state index is -0.416. The molecule has 2 heterocycles. The van der Waals surface area contributed by atoms with Crippen LogP contribution in [0.4, 0.5) is 10.3 Å². The van der Waals surface area contributed by atoms with Crippen molar-refractivity contribution in [1.29, 1.82) is 0 Å². The highest BCUT2D eigenvalue weighted by atomic mass is 35.5. The summed E-state index contributed by atoms with van der Waals surface area (Å²) in [5, 5.41) is 9.36. The van der Waals surface area contributed by atoms with Gasteiger partial charge in [0.1, 0.15) is 5.82 Å². The van der Waals surface area contributed by atoms with Crippen molar-refractivity contribution in [3.05, 3.63) is 64.9 Å². The van der Waals surface area contributed by atoms with Crippen LogP contribution in [0.25, 0.3) is 5.69 Å². The molecule has 4 rings (SSSR count). The van der Waals surface area contributed by atoms with Crippen molar-refractivity contribution in [3.63, 3.8) is 0 Å². The fraction of sp³-hybridized carbons (Fsp3) is 0.286. The Bertz CT molecular complexity index is 1040. The topological polar surface area (TPSA) is 60.2 Å². The van der Waals surface area contributed by atoms with E-state index in [1.807, 2.05) is 6.92 Å². The Hall–Kier alpha value is -2.42. The molecule has 0 unspecified atom stereocenters. The zero-order valence-electron chi connectivity index (χ0n) is 16.3. The summed E-state index contributed by atoms with van der Waals surface area (Å²) in [6, 6.07) is 13.1. The number of ketones is 1. The largest absolute Gasteiger partial charge is 0.378 e. The normalized spacial score (nSPS) is 15.2. The number of anilines is 1. The highest BCUT2D eigenvalue weighted by molar-refractivity contribution is 8.00. The number of halogens is 2. The second kappa shape index (κ2) is 9.16. The van der Waals surface area contributed by atoms with Gasteiger partial charge in [-0.2, -0.15) is 0 Å². The summed E-state index contributed by atoms with van der Waals surface area (Å²) in [6.45, 7) is 4.32. The molecule has 1 aliphatic rings. The van der Waals surface area contributed by atoms with Crippen LogP contribution in [0.2, 0.25) is 5.02 Å². The number of rotatable bonds is 6. The van der Waals surface area contributed by atoms with Crippen LogP contribution >= 0.6 is 23.4 Å². The van der Waals surface area contributed by atoms with Crippen LogP contribution in [0.15, 0.2) is 53.7 Å². The molecule has 1 aromatic heterocycles. The molecule has 1 aliphatic heterocycles. The number of carbonyl (C=O) groups excluding carboxylic acids is 1. The summed E-state index contributed by atoms with van der Waals surface area (Å²) in [7, 11) is 0. The maximum Gasteiger partial charge on any atom is 0.232 e. The first kappa shape index (κ1) is 20.8. The van der Waals surface area contributed by atoms with E-state index in [1.54, 1.807) is 41.0 Å². The van der Waals surface area contributed by atoms with Crippen LogP contribution in [0.1, 0.15) is 17.3 Å². The Morgan fingerprint density at radius 3 is 2.60 bits per heavy atom. The molecule has 0 bridgehead atoms. The van der Waals surface area contributed by atoms with E-state index in [-0.39, 0.29) is 11.6 Å². The van der Waals surface area contributed by atoms with E-state index < -0.39 is 5.25 Å². The van der Waals surface area contributed by atoms with Gasteiger partial charge in [-0.25, -0.2) is 4.39 Å². The smallest absolute Gasteiger partial charge is 0.232 e. The number of hydrogen-bond donors (Lipinski definition) is 0. The van der Waals surface area contributed by atoms with Crippen LogP contribution in [0.3, 0.4) is 0 Å². The molecular weight excluding hydrogens is 427 g/mol. The van der Waals surface area contributed by atoms with Gasteiger partial charge in [-0.1, -0.05) is 29.4 Å². The lowest BCUT2D eigenvalue weighted by Gasteiger charge is -2.28. The average molecular weight is 447 g/mol. The predicted molar refractivity (Wildman–Crippen MR) is 115 cm³/mol. The summed E-state index contributed by atoms with van der Waals surface area (Å²) in [5.74, 6) is 0.214. The monoisotopic (exact) mass is 446 g/mol. The van der Waals surface area contributed by atoms with E-state index in [1.165, 1.54) is 23.9 Å². The first-order valence-corrected chi connectivity index (χ1v) is 10.8. The molecule has 6 nitrogen and oxygen atoms in total. The lowest BCUT2D eigenvalue weighted by Crippen LogP contribution is -2.37. The first-order valence-electron chi connectivity index (χ1n) is 9.53. The van der Waals surface area contributed by atoms with E-state index in [2.05, 4.69) is 15.1 Å². The standard InChI is InChI=1S/C21H20ClFN4O2S/c1-14(19(28)15-5-7-16(22)8-6-15)30-21-25-24-20(26-9-11-29-12-10-26)27(21)18-4-2-3-17(23)13-18/h2-8,13-14H,9-12H2,1H3/t14-/m0/s1. The number of carbonyl (C=O) groups is 1. The second-order valence-corrected chi connectivity index (χ2v) is 8.57.